The number of esters is 2. The van der Waals surface area contributed by atoms with E-state index in [0.717, 1.165) is 0 Å². The average molecular weight is 289 g/mol. The fraction of sp³-hybridized carbons (Fsp3) is 0.400. The van der Waals surface area contributed by atoms with Crippen molar-refractivity contribution in [1.29, 1.82) is 5.26 Å². The zero-order valence-corrected chi connectivity index (χ0v) is 11.7. The number of ether oxygens (including phenoxy) is 3. The van der Waals surface area contributed by atoms with Gasteiger partial charge in [0.15, 0.2) is 5.92 Å². The topological polar surface area (TPSA) is 85.6 Å². The van der Waals surface area contributed by atoms with Crippen LogP contribution in [0.3, 0.4) is 0 Å². The second-order valence-corrected chi connectivity index (χ2v) is 4.64. The molecule has 1 aromatic carbocycles. The molecule has 2 rings (SSSR count). The molecule has 0 spiro atoms. The van der Waals surface area contributed by atoms with Crippen LogP contribution < -0.4 is 4.74 Å². The smallest absolute Gasteiger partial charge is 0.320 e. The summed E-state index contributed by atoms with van der Waals surface area (Å²) in [5.74, 6) is -3.33. The van der Waals surface area contributed by atoms with Crippen LogP contribution in [0.5, 0.6) is 5.75 Å². The highest BCUT2D eigenvalue weighted by Crippen LogP contribution is 2.40. The summed E-state index contributed by atoms with van der Waals surface area (Å²) in [4.78, 5) is 23.8. The number of benzene rings is 1. The SMILES string of the molecule is COC(=O)C(C(=O)OC)[C@H]1COc2ccccc2[C@@H]1C#N. The first-order valence-electron chi connectivity index (χ1n) is 6.41. The van der Waals surface area contributed by atoms with Crippen molar-refractivity contribution in [3.63, 3.8) is 0 Å². The minimum atomic E-state index is -1.18. The third-order valence-corrected chi connectivity index (χ3v) is 3.59. The fourth-order valence-electron chi connectivity index (χ4n) is 2.54. The summed E-state index contributed by atoms with van der Waals surface area (Å²) in [7, 11) is 2.38. The Labute approximate surface area is 122 Å². The number of methoxy groups -OCH3 is 2. The molecule has 1 heterocycles. The lowest BCUT2D eigenvalue weighted by Gasteiger charge is -2.32. The second-order valence-electron chi connectivity index (χ2n) is 4.64. The van der Waals surface area contributed by atoms with Crippen molar-refractivity contribution in [2.45, 2.75) is 5.92 Å². The van der Waals surface area contributed by atoms with Crippen molar-refractivity contribution in [2.75, 3.05) is 20.8 Å². The molecule has 0 amide bonds. The number of nitriles is 1. The van der Waals surface area contributed by atoms with E-state index >= 15 is 0 Å². The van der Waals surface area contributed by atoms with E-state index in [1.165, 1.54) is 14.2 Å². The van der Waals surface area contributed by atoms with Crippen molar-refractivity contribution in [3.8, 4) is 11.8 Å². The predicted octanol–water partition coefficient (Wildman–Crippen LogP) is 1.26. The maximum Gasteiger partial charge on any atom is 0.320 e. The van der Waals surface area contributed by atoms with Crippen LogP contribution >= 0.6 is 0 Å². The van der Waals surface area contributed by atoms with Gasteiger partial charge in [-0.3, -0.25) is 9.59 Å². The average Bonchev–Trinajstić information content (AvgIpc) is 2.54. The monoisotopic (exact) mass is 289 g/mol. The molecule has 6 heteroatoms. The Morgan fingerprint density at radius 3 is 2.48 bits per heavy atom. The number of rotatable bonds is 3. The number of carbonyl (C=O) groups excluding carboxylic acids is 2. The summed E-state index contributed by atoms with van der Waals surface area (Å²) in [6.07, 6.45) is 0. The fourth-order valence-corrected chi connectivity index (χ4v) is 2.54. The molecular formula is C15H15NO5. The van der Waals surface area contributed by atoms with E-state index in [1.807, 2.05) is 0 Å². The molecular weight excluding hydrogens is 274 g/mol. The molecule has 2 atom stereocenters. The maximum absolute atomic E-state index is 11.9. The van der Waals surface area contributed by atoms with Gasteiger partial charge in [-0.2, -0.15) is 5.26 Å². The highest BCUT2D eigenvalue weighted by atomic mass is 16.5. The van der Waals surface area contributed by atoms with Crippen molar-refractivity contribution in [2.24, 2.45) is 11.8 Å². The van der Waals surface area contributed by atoms with Crippen molar-refractivity contribution < 1.29 is 23.8 Å². The number of hydrogen-bond donors (Lipinski definition) is 0. The lowest BCUT2D eigenvalue weighted by molar-refractivity contribution is -0.162. The van der Waals surface area contributed by atoms with Crippen LogP contribution in [0.15, 0.2) is 24.3 Å². The van der Waals surface area contributed by atoms with Crippen molar-refractivity contribution in [1.82, 2.24) is 0 Å². The molecule has 0 aliphatic carbocycles. The molecule has 1 aromatic rings. The van der Waals surface area contributed by atoms with Gasteiger partial charge in [-0.15, -0.1) is 0 Å². The van der Waals surface area contributed by atoms with Gasteiger partial charge in [0.25, 0.3) is 0 Å². The van der Waals surface area contributed by atoms with Gasteiger partial charge in [0.2, 0.25) is 0 Å². The van der Waals surface area contributed by atoms with Gasteiger partial charge in [-0.1, -0.05) is 18.2 Å². The summed E-state index contributed by atoms with van der Waals surface area (Å²) in [5.41, 5.74) is 0.661. The molecule has 0 saturated heterocycles. The lowest BCUT2D eigenvalue weighted by Crippen LogP contribution is -2.41. The largest absolute Gasteiger partial charge is 0.493 e. The molecule has 0 unspecified atom stereocenters. The first kappa shape index (κ1) is 14.9. The van der Waals surface area contributed by atoms with E-state index < -0.39 is 29.7 Å². The summed E-state index contributed by atoms with van der Waals surface area (Å²) >= 11 is 0. The van der Waals surface area contributed by atoms with Gasteiger partial charge in [0.1, 0.15) is 5.75 Å². The van der Waals surface area contributed by atoms with E-state index in [-0.39, 0.29) is 6.61 Å². The van der Waals surface area contributed by atoms with Crippen LogP contribution in [0.4, 0.5) is 0 Å². The molecule has 1 aliphatic heterocycles. The quantitative estimate of drug-likeness (QED) is 0.615. The van der Waals surface area contributed by atoms with Gasteiger partial charge in [-0.25, -0.2) is 0 Å². The van der Waals surface area contributed by atoms with Crippen LogP contribution in [0, 0.1) is 23.2 Å². The second kappa shape index (κ2) is 6.27. The Kier molecular flexibility index (Phi) is 4.43. The zero-order chi connectivity index (χ0) is 15.4. The number of para-hydroxylation sites is 1. The first-order valence-corrected chi connectivity index (χ1v) is 6.41. The molecule has 0 fully saturated rings. The summed E-state index contributed by atoms with van der Waals surface area (Å²) in [6, 6.07) is 9.23. The molecule has 21 heavy (non-hydrogen) atoms. The normalized spacial score (nSPS) is 19.9. The molecule has 110 valence electrons. The molecule has 6 nitrogen and oxygen atoms in total. The highest BCUT2D eigenvalue weighted by molar-refractivity contribution is 5.95. The molecule has 0 N–H and O–H groups in total. The molecule has 1 aliphatic rings. The summed E-state index contributed by atoms with van der Waals surface area (Å²) < 4.78 is 14.9. The van der Waals surface area contributed by atoms with Crippen LogP contribution in [-0.2, 0) is 19.1 Å². The van der Waals surface area contributed by atoms with Crippen LogP contribution in [0.25, 0.3) is 0 Å². The highest BCUT2D eigenvalue weighted by Gasteiger charge is 2.45. The van der Waals surface area contributed by atoms with Gasteiger partial charge in [0.05, 0.1) is 32.8 Å². The number of carbonyl (C=O) groups is 2. The number of hydrogen-bond acceptors (Lipinski definition) is 6. The van der Waals surface area contributed by atoms with E-state index in [0.29, 0.717) is 11.3 Å². The van der Waals surface area contributed by atoms with Crippen molar-refractivity contribution >= 4 is 11.9 Å². The summed E-state index contributed by atoms with van der Waals surface area (Å²) in [6.45, 7) is 0.0735. The standard InChI is InChI=1S/C15H15NO5/c1-19-14(17)13(15(18)20-2)11-8-21-12-6-4-3-5-9(12)10(11)7-16/h3-6,10-11,13H,8H2,1-2H3/t10-,11-/m0/s1. The molecule has 0 aromatic heterocycles. The first-order chi connectivity index (χ1) is 10.1. The van der Waals surface area contributed by atoms with Gasteiger partial charge in [0, 0.05) is 11.5 Å². The molecule has 0 radical (unpaired) electrons. The van der Waals surface area contributed by atoms with E-state index in [4.69, 9.17) is 4.74 Å². The Bertz CT molecular complexity index is 576. The zero-order valence-electron chi connectivity index (χ0n) is 11.7. The van der Waals surface area contributed by atoms with Crippen LogP contribution in [0.2, 0.25) is 0 Å². The minimum Gasteiger partial charge on any atom is -0.493 e. The van der Waals surface area contributed by atoms with Crippen LogP contribution in [0.1, 0.15) is 11.5 Å². The van der Waals surface area contributed by atoms with Gasteiger partial charge < -0.3 is 14.2 Å². The Morgan fingerprint density at radius 1 is 1.29 bits per heavy atom. The van der Waals surface area contributed by atoms with Gasteiger partial charge >= 0.3 is 11.9 Å². The Morgan fingerprint density at radius 2 is 1.90 bits per heavy atom. The Hall–Kier alpha value is -2.55. The summed E-state index contributed by atoms with van der Waals surface area (Å²) in [5, 5.41) is 9.46. The van der Waals surface area contributed by atoms with Crippen LogP contribution in [-0.4, -0.2) is 32.8 Å². The van der Waals surface area contributed by atoms with E-state index in [1.54, 1.807) is 24.3 Å². The maximum atomic E-state index is 11.9. The third kappa shape index (κ3) is 2.68. The number of nitrogens with zero attached hydrogens (tertiary/aromatic N) is 1. The van der Waals surface area contributed by atoms with Gasteiger partial charge in [-0.05, 0) is 6.07 Å². The minimum absolute atomic E-state index is 0.0735. The number of fused-ring (bicyclic) bond motifs is 1. The molecule has 0 saturated carbocycles. The predicted molar refractivity (Wildman–Crippen MR) is 71.3 cm³/mol. The van der Waals surface area contributed by atoms with E-state index in [9.17, 15) is 14.9 Å². The Balaban J connectivity index is 2.41. The van der Waals surface area contributed by atoms with Crippen molar-refractivity contribution in [3.05, 3.63) is 29.8 Å². The molecule has 0 bridgehead atoms. The third-order valence-electron chi connectivity index (χ3n) is 3.59. The van der Waals surface area contributed by atoms with E-state index in [2.05, 4.69) is 15.5 Å². The lowest BCUT2D eigenvalue weighted by atomic mass is 9.77.